The maximum Gasteiger partial charge on any atom is 0.189 e. The lowest BCUT2D eigenvalue weighted by Crippen LogP contribution is -2.11. The molecule has 0 amide bonds. The normalized spacial score (nSPS) is 11.6. The SMILES string of the molecule is COc1cc(Cl)ccc1C(=O)C(C#N)c1cccs1. The van der Waals surface area contributed by atoms with Gasteiger partial charge in [0, 0.05) is 9.90 Å². The molecular weight excluding hydrogens is 282 g/mol. The number of halogens is 1. The van der Waals surface area contributed by atoms with Gasteiger partial charge in [0.1, 0.15) is 11.7 Å². The van der Waals surface area contributed by atoms with Crippen molar-refractivity contribution in [1.82, 2.24) is 0 Å². The summed E-state index contributed by atoms with van der Waals surface area (Å²) in [5.74, 6) is -0.706. The average Bonchev–Trinajstić information content (AvgIpc) is 2.93. The van der Waals surface area contributed by atoms with Gasteiger partial charge in [-0.1, -0.05) is 17.7 Å². The van der Waals surface area contributed by atoms with Crippen LogP contribution in [0.5, 0.6) is 5.75 Å². The summed E-state index contributed by atoms with van der Waals surface area (Å²) in [7, 11) is 1.47. The molecule has 1 unspecified atom stereocenters. The van der Waals surface area contributed by atoms with Gasteiger partial charge in [0.15, 0.2) is 5.78 Å². The van der Waals surface area contributed by atoms with Crippen LogP contribution in [0.25, 0.3) is 0 Å². The Hall–Kier alpha value is -1.83. The molecular formula is C14H10ClNO2S. The van der Waals surface area contributed by atoms with Gasteiger partial charge in [0.25, 0.3) is 0 Å². The third-order valence-electron chi connectivity index (χ3n) is 2.65. The number of nitrogens with zero attached hydrogens (tertiary/aromatic N) is 1. The van der Waals surface area contributed by atoms with Gasteiger partial charge in [0.05, 0.1) is 18.7 Å². The van der Waals surface area contributed by atoms with Crippen molar-refractivity contribution in [3.63, 3.8) is 0 Å². The van der Waals surface area contributed by atoms with Crippen LogP contribution in [0, 0.1) is 11.3 Å². The second-order valence-electron chi connectivity index (χ2n) is 3.79. The van der Waals surface area contributed by atoms with E-state index in [1.165, 1.54) is 18.4 Å². The zero-order valence-corrected chi connectivity index (χ0v) is 11.7. The van der Waals surface area contributed by atoms with E-state index in [4.69, 9.17) is 16.3 Å². The van der Waals surface area contributed by atoms with E-state index >= 15 is 0 Å². The number of ether oxygens (including phenoxy) is 1. The molecule has 2 rings (SSSR count). The highest BCUT2D eigenvalue weighted by Gasteiger charge is 2.25. The third kappa shape index (κ3) is 2.78. The van der Waals surface area contributed by atoms with E-state index < -0.39 is 5.92 Å². The van der Waals surface area contributed by atoms with Crippen molar-refractivity contribution < 1.29 is 9.53 Å². The van der Waals surface area contributed by atoms with Crippen molar-refractivity contribution in [2.75, 3.05) is 7.11 Å². The molecule has 0 bridgehead atoms. The van der Waals surface area contributed by atoms with Gasteiger partial charge in [-0.15, -0.1) is 11.3 Å². The Morgan fingerprint density at radius 3 is 2.84 bits per heavy atom. The lowest BCUT2D eigenvalue weighted by atomic mass is 9.97. The van der Waals surface area contributed by atoms with Gasteiger partial charge in [-0.3, -0.25) is 4.79 Å². The molecule has 96 valence electrons. The largest absolute Gasteiger partial charge is 0.496 e. The molecule has 0 fully saturated rings. The molecule has 0 saturated carbocycles. The number of carbonyl (C=O) groups excluding carboxylic acids is 1. The minimum atomic E-state index is -0.810. The molecule has 1 aromatic heterocycles. The molecule has 0 saturated heterocycles. The molecule has 0 aliphatic carbocycles. The van der Waals surface area contributed by atoms with Gasteiger partial charge in [-0.05, 0) is 29.6 Å². The second-order valence-corrected chi connectivity index (χ2v) is 5.20. The molecule has 0 aliphatic rings. The smallest absolute Gasteiger partial charge is 0.189 e. The van der Waals surface area contributed by atoms with E-state index in [0.29, 0.717) is 16.3 Å². The number of Topliss-reactive ketones (excluding diaryl/α,β-unsaturated/α-hetero) is 1. The van der Waals surface area contributed by atoms with Crippen LogP contribution in [0.1, 0.15) is 21.2 Å². The monoisotopic (exact) mass is 291 g/mol. The van der Waals surface area contributed by atoms with Crippen LogP contribution >= 0.6 is 22.9 Å². The summed E-state index contributed by atoms with van der Waals surface area (Å²) in [6.07, 6.45) is 0. The zero-order valence-electron chi connectivity index (χ0n) is 10.1. The minimum absolute atomic E-state index is 0.279. The number of hydrogen-bond donors (Lipinski definition) is 0. The van der Waals surface area contributed by atoms with Crippen LogP contribution in [0.4, 0.5) is 0 Å². The molecule has 0 spiro atoms. The van der Waals surface area contributed by atoms with Crippen molar-refractivity contribution in [1.29, 1.82) is 5.26 Å². The highest BCUT2D eigenvalue weighted by atomic mass is 35.5. The lowest BCUT2D eigenvalue weighted by Gasteiger charge is -2.10. The van der Waals surface area contributed by atoms with Gasteiger partial charge in [-0.25, -0.2) is 0 Å². The van der Waals surface area contributed by atoms with Gasteiger partial charge in [-0.2, -0.15) is 5.26 Å². The van der Waals surface area contributed by atoms with Crippen molar-refractivity contribution in [3.05, 3.63) is 51.2 Å². The first kappa shape index (κ1) is 13.6. The Morgan fingerprint density at radius 1 is 1.47 bits per heavy atom. The molecule has 0 aliphatic heterocycles. The summed E-state index contributed by atoms with van der Waals surface area (Å²) in [4.78, 5) is 13.2. The van der Waals surface area contributed by atoms with Gasteiger partial charge < -0.3 is 4.74 Å². The quantitative estimate of drug-likeness (QED) is 0.803. The predicted molar refractivity (Wildman–Crippen MR) is 75.0 cm³/mol. The fourth-order valence-electron chi connectivity index (χ4n) is 1.73. The first-order valence-corrected chi connectivity index (χ1v) is 6.74. The number of ketones is 1. The highest BCUT2D eigenvalue weighted by molar-refractivity contribution is 7.10. The fourth-order valence-corrected chi connectivity index (χ4v) is 2.66. The van der Waals surface area contributed by atoms with Crippen LogP contribution in [0.15, 0.2) is 35.7 Å². The third-order valence-corrected chi connectivity index (χ3v) is 3.82. The molecule has 1 aromatic carbocycles. The molecule has 2 aromatic rings. The predicted octanol–water partition coefficient (Wildman–Crippen LogP) is 3.90. The van der Waals surface area contributed by atoms with Gasteiger partial charge in [0.2, 0.25) is 0 Å². The summed E-state index contributed by atoms with van der Waals surface area (Å²) < 4.78 is 5.15. The number of methoxy groups -OCH3 is 1. The van der Waals surface area contributed by atoms with Gasteiger partial charge >= 0.3 is 0 Å². The molecule has 1 atom stereocenters. The number of hydrogen-bond acceptors (Lipinski definition) is 4. The van der Waals surface area contributed by atoms with Crippen LogP contribution in [-0.2, 0) is 0 Å². The molecule has 5 heteroatoms. The summed E-state index contributed by atoms with van der Waals surface area (Å²) in [6.45, 7) is 0. The Labute approximate surface area is 120 Å². The average molecular weight is 292 g/mol. The first-order valence-electron chi connectivity index (χ1n) is 5.48. The van der Waals surface area contributed by atoms with Crippen molar-refractivity contribution in [3.8, 4) is 11.8 Å². The maximum absolute atomic E-state index is 12.4. The number of nitriles is 1. The summed E-state index contributed by atoms with van der Waals surface area (Å²) >= 11 is 7.24. The fraction of sp³-hybridized carbons (Fsp3) is 0.143. The van der Waals surface area contributed by atoms with E-state index in [-0.39, 0.29) is 5.78 Å². The van der Waals surface area contributed by atoms with E-state index in [1.54, 1.807) is 24.3 Å². The molecule has 1 heterocycles. The van der Waals surface area contributed by atoms with Crippen molar-refractivity contribution in [2.24, 2.45) is 0 Å². The van der Waals surface area contributed by atoms with Crippen molar-refractivity contribution >= 4 is 28.7 Å². The molecule has 19 heavy (non-hydrogen) atoms. The Kier molecular flexibility index (Phi) is 4.20. The van der Waals surface area contributed by atoms with Crippen LogP contribution in [-0.4, -0.2) is 12.9 Å². The number of benzene rings is 1. The highest BCUT2D eigenvalue weighted by Crippen LogP contribution is 2.30. The Morgan fingerprint density at radius 2 is 2.26 bits per heavy atom. The lowest BCUT2D eigenvalue weighted by molar-refractivity contribution is 0.0977. The summed E-state index contributed by atoms with van der Waals surface area (Å²) in [5.41, 5.74) is 0.367. The standard InChI is InChI=1S/C14H10ClNO2S/c1-18-12-7-9(15)4-5-10(12)14(17)11(8-16)13-3-2-6-19-13/h2-7,11H,1H3. The number of thiophene rings is 1. The second kappa shape index (κ2) is 5.87. The number of carbonyl (C=O) groups is 1. The van der Waals surface area contributed by atoms with Crippen molar-refractivity contribution in [2.45, 2.75) is 5.92 Å². The summed E-state index contributed by atoms with van der Waals surface area (Å²) in [5, 5.41) is 11.5. The van der Waals surface area contributed by atoms with E-state index in [1.807, 2.05) is 17.5 Å². The molecule has 0 radical (unpaired) electrons. The van der Waals surface area contributed by atoms with Crippen LogP contribution < -0.4 is 4.74 Å². The molecule has 3 nitrogen and oxygen atoms in total. The van der Waals surface area contributed by atoms with E-state index in [0.717, 1.165) is 4.88 Å². The molecule has 0 N–H and O–H groups in total. The van der Waals surface area contributed by atoms with E-state index in [2.05, 4.69) is 0 Å². The Bertz CT molecular complexity index is 631. The number of rotatable bonds is 4. The van der Waals surface area contributed by atoms with Crippen LogP contribution in [0.3, 0.4) is 0 Å². The summed E-state index contributed by atoms with van der Waals surface area (Å²) in [6, 6.07) is 10.4. The minimum Gasteiger partial charge on any atom is -0.496 e. The topological polar surface area (TPSA) is 50.1 Å². The first-order chi connectivity index (χ1) is 9.17. The zero-order chi connectivity index (χ0) is 13.8. The maximum atomic E-state index is 12.4. The van der Waals surface area contributed by atoms with E-state index in [9.17, 15) is 10.1 Å². The Balaban J connectivity index is 2.41. The van der Waals surface area contributed by atoms with Crippen LogP contribution in [0.2, 0.25) is 5.02 Å².